The van der Waals surface area contributed by atoms with Crippen molar-refractivity contribution in [2.24, 2.45) is 0 Å². The second kappa shape index (κ2) is 7.53. The lowest BCUT2D eigenvalue weighted by Crippen LogP contribution is -2.08. The average molecular weight is 338 g/mol. The van der Waals surface area contributed by atoms with Crippen molar-refractivity contribution in [3.8, 4) is 22.8 Å². The van der Waals surface area contributed by atoms with Crippen molar-refractivity contribution in [2.75, 3.05) is 13.2 Å². The number of hydrogen-bond donors (Lipinski definition) is 2. The molecule has 1 heterocycles. The monoisotopic (exact) mass is 338 g/mol. The minimum absolute atomic E-state index is 0.185. The average Bonchev–Trinajstić information content (AvgIpc) is 3.02. The number of benzene rings is 2. The summed E-state index contributed by atoms with van der Waals surface area (Å²) in [5.41, 5.74) is 1.85. The number of hydrogen-bond acceptors (Lipinski definition) is 4. The summed E-state index contributed by atoms with van der Waals surface area (Å²) < 4.78 is 11.2. The summed E-state index contributed by atoms with van der Waals surface area (Å²) in [4.78, 5) is 11.3. The van der Waals surface area contributed by atoms with Crippen molar-refractivity contribution in [1.82, 2.24) is 10.2 Å². The number of aryl methyl sites for hydroxylation is 1. The van der Waals surface area contributed by atoms with Gasteiger partial charge in [0.2, 0.25) is 0 Å². The molecule has 0 radical (unpaired) electrons. The Balaban J connectivity index is 1.58. The number of aromatic carboxylic acids is 1. The standard InChI is InChI=1S/C19H18N2O4/c1-13-17(19(22)23)18(21-20-13)14-7-9-16(10-8-14)25-12-11-24-15-5-3-2-4-6-15/h2-10H,11-12H2,1H3,(H,20,21)(H,22,23). The molecule has 2 aromatic carbocycles. The molecule has 25 heavy (non-hydrogen) atoms. The zero-order valence-corrected chi connectivity index (χ0v) is 13.7. The van der Waals surface area contributed by atoms with Crippen LogP contribution in [0.5, 0.6) is 11.5 Å². The predicted octanol–water partition coefficient (Wildman–Crippen LogP) is 3.54. The summed E-state index contributed by atoms with van der Waals surface area (Å²) >= 11 is 0. The first kappa shape index (κ1) is 16.6. The molecular weight excluding hydrogens is 320 g/mol. The lowest BCUT2D eigenvalue weighted by atomic mass is 10.1. The lowest BCUT2D eigenvalue weighted by Gasteiger charge is -2.08. The van der Waals surface area contributed by atoms with Crippen LogP contribution in [-0.2, 0) is 0 Å². The van der Waals surface area contributed by atoms with E-state index in [0.29, 0.717) is 30.4 Å². The van der Waals surface area contributed by atoms with Gasteiger partial charge in [0.15, 0.2) is 0 Å². The van der Waals surface area contributed by atoms with Gasteiger partial charge in [-0.2, -0.15) is 5.10 Å². The van der Waals surface area contributed by atoms with Crippen LogP contribution < -0.4 is 9.47 Å². The maximum Gasteiger partial charge on any atom is 0.339 e. The fourth-order valence-electron chi connectivity index (χ4n) is 2.44. The van der Waals surface area contributed by atoms with Gasteiger partial charge in [0.05, 0.1) is 0 Å². The fraction of sp³-hybridized carbons (Fsp3) is 0.158. The number of carboxylic acids is 1. The Kier molecular flexibility index (Phi) is 4.99. The van der Waals surface area contributed by atoms with Crippen molar-refractivity contribution in [3.63, 3.8) is 0 Å². The van der Waals surface area contributed by atoms with Gasteiger partial charge in [-0.15, -0.1) is 0 Å². The summed E-state index contributed by atoms with van der Waals surface area (Å²) in [6, 6.07) is 16.7. The molecule has 6 heteroatoms. The number of aromatic amines is 1. The predicted molar refractivity (Wildman–Crippen MR) is 93.2 cm³/mol. The number of carbonyl (C=O) groups is 1. The molecule has 1 aromatic heterocycles. The highest BCUT2D eigenvalue weighted by atomic mass is 16.5. The van der Waals surface area contributed by atoms with Gasteiger partial charge in [0.25, 0.3) is 0 Å². The summed E-state index contributed by atoms with van der Waals surface area (Å²) in [7, 11) is 0. The van der Waals surface area contributed by atoms with Crippen LogP contribution in [0.3, 0.4) is 0 Å². The Bertz CT molecular complexity index is 842. The van der Waals surface area contributed by atoms with Crippen LogP contribution in [-0.4, -0.2) is 34.5 Å². The van der Waals surface area contributed by atoms with E-state index in [1.54, 1.807) is 31.2 Å². The molecule has 0 aliphatic carbocycles. The van der Waals surface area contributed by atoms with Gasteiger partial charge in [0, 0.05) is 11.3 Å². The van der Waals surface area contributed by atoms with Crippen molar-refractivity contribution in [2.45, 2.75) is 6.92 Å². The van der Waals surface area contributed by atoms with E-state index in [1.165, 1.54) is 0 Å². The lowest BCUT2D eigenvalue weighted by molar-refractivity contribution is 0.0697. The number of aromatic nitrogens is 2. The van der Waals surface area contributed by atoms with Crippen molar-refractivity contribution < 1.29 is 19.4 Å². The van der Waals surface area contributed by atoms with E-state index < -0.39 is 5.97 Å². The van der Waals surface area contributed by atoms with Crippen LogP contribution in [0.25, 0.3) is 11.3 Å². The first-order chi connectivity index (χ1) is 12.1. The summed E-state index contributed by atoms with van der Waals surface area (Å²) in [6.45, 7) is 2.54. The Hall–Kier alpha value is -3.28. The number of carboxylic acid groups (broad SMARTS) is 1. The van der Waals surface area contributed by atoms with Crippen molar-refractivity contribution >= 4 is 5.97 Å². The van der Waals surface area contributed by atoms with Crippen LogP contribution in [0.15, 0.2) is 54.6 Å². The van der Waals surface area contributed by atoms with Gasteiger partial charge in [-0.1, -0.05) is 18.2 Å². The molecule has 0 saturated heterocycles. The highest BCUT2D eigenvalue weighted by molar-refractivity contribution is 5.96. The summed E-state index contributed by atoms with van der Waals surface area (Å²) in [5, 5.41) is 16.1. The minimum atomic E-state index is -1.00. The molecule has 0 atom stereocenters. The molecule has 0 fully saturated rings. The van der Waals surface area contributed by atoms with Crippen molar-refractivity contribution in [1.29, 1.82) is 0 Å². The quantitative estimate of drug-likeness (QED) is 0.644. The normalized spacial score (nSPS) is 10.4. The number of nitrogens with one attached hydrogen (secondary N) is 1. The van der Waals surface area contributed by atoms with Crippen molar-refractivity contribution in [3.05, 3.63) is 65.9 Å². The smallest absolute Gasteiger partial charge is 0.339 e. The van der Waals surface area contributed by atoms with E-state index in [1.807, 2.05) is 30.3 Å². The highest BCUT2D eigenvalue weighted by Gasteiger charge is 2.18. The van der Waals surface area contributed by atoms with Crippen LogP contribution in [0.2, 0.25) is 0 Å². The molecule has 0 spiro atoms. The van der Waals surface area contributed by atoms with Crippen LogP contribution in [0.1, 0.15) is 16.1 Å². The molecule has 0 unspecified atom stereocenters. The molecule has 0 saturated carbocycles. The molecule has 0 bridgehead atoms. The second-order valence-electron chi connectivity index (χ2n) is 5.41. The van der Waals surface area contributed by atoms with Crippen LogP contribution in [0.4, 0.5) is 0 Å². The first-order valence-electron chi connectivity index (χ1n) is 7.84. The summed E-state index contributed by atoms with van der Waals surface area (Å²) in [5.74, 6) is 0.487. The molecule has 3 aromatic rings. The van der Waals surface area contributed by atoms with Gasteiger partial charge in [0.1, 0.15) is 36.0 Å². The number of H-pyrrole nitrogens is 1. The van der Waals surface area contributed by atoms with E-state index >= 15 is 0 Å². The molecule has 3 rings (SSSR count). The molecular formula is C19H18N2O4. The maximum atomic E-state index is 11.3. The van der Waals surface area contributed by atoms with Gasteiger partial charge < -0.3 is 14.6 Å². The fourth-order valence-corrected chi connectivity index (χ4v) is 2.44. The van der Waals surface area contributed by atoms with E-state index in [-0.39, 0.29) is 5.56 Å². The SMILES string of the molecule is Cc1[nH]nc(-c2ccc(OCCOc3ccccc3)cc2)c1C(=O)O. The Morgan fingerprint density at radius 2 is 1.60 bits per heavy atom. The Labute approximate surface area is 145 Å². The molecule has 0 aliphatic rings. The maximum absolute atomic E-state index is 11.3. The topological polar surface area (TPSA) is 84.4 Å². The molecule has 0 amide bonds. The number of nitrogens with zero attached hydrogens (tertiary/aromatic N) is 1. The van der Waals surface area contributed by atoms with E-state index in [0.717, 1.165) is 11.3 Å². The number of ether oxygens (including phenoxy) is 2. The molecule has 2 N–H and O–H groups in total. The van der Waals surface area contributed by atoms with E-state index in [9.17, 15) is 9.90 Å². The van der Waals surface area contributed by atoms with Gasteiger partial charge >= 0.3 is 5.97 Å². The van der Waals surface area contributed by atoms with Gasteiger partial charge in [-0.3, -0.25) is 5.10 Å². The first-order valence-corrected chi connectivity index (χ1v) is 7.84. The van der Waals surface area contributed by atoms with Gasteiger partial charge in [-0.05, 0) is 43.3 Å². The van der Waals surface area contributed by atoms with Gasteiger partial charge in [-0.25, -0.2) is 4.79 Å². The van der Waals surface area contributed by atoms with Crippen LogP contribution in [0, 0.1) is 6.92 Å². The molecule has 0 aliphatic heterocycles. The Morgan fingerprint density at radius 3 is 2.20 bits per heavy atom. The van der Waals surface area contributed by atoms with E-state index in [4.69, 9.17) is 9.47 Å². The minimum Gasteiger partial charge on any atom is -0.490 e. The molecule has 6 nitrogen and oxygen atoms in total. The number of para-hydroxylation sites is 1. The zero-order chi connectivity index (χ0) is 17.6. The third-order valence-corrected chi connectivity index (χ3v) is 3.65. The zero-order valence-electron chi connectivity index (χ0n) is 13.7. The largest absolute Gasteiger partial charge is 0.490 e. The third kappa shape index (κ3) is 3.98. The van der Waals surface area contributed by atoms with E-state index in [2.05, 4.69) is 10.2 Å². The van der Waals surface area contributed by atoms with Crippen LogP contribution >= 0.6 is 0 Å². The Morgan fingerprint density at radius 1 is 1.00 bits per heavy atom. The number of rotatable bonds is 7. The third-order valence-electron chi connectivity index (χ3n) is 3.65. The highest BCUT2D eigenvalue weighted by Crippen LogP contribution is 2.25. The molecule has 128 valence electrons. The second-order valence-corrected chi connectivity index (χ2v) is 5.41. The summed E-state index contributed by atoms with van der Waals surface area (Å²) in [6.07, 6.45) is 0.